The number of ether oxygens (including phenoxy) is 1. The van der Waals surface area contributed by atoms with E-state index in [0.717, 1.165) is 62.2 Å². The monoisotopic (exact) mass is 471 g/mol. The van der Waals surface area contributed by atoms with Gasteiger partial charge in [0.2, 0.25) is 0 Å². The smallest absolute Gasteiger partial charge is 0.399 e. The van der Waals surface area contributed by atoms with Crippen LogP contribution >= 0.6 is 0 Å². The van der Waals surface area contributed by atoms with Crippen molar-refractivity contribution < 1.29 is 17.9 Å². The van der Waals surface area contributed by atoms with Crippen molar-refractivity contribution in [3.8, 4) is 0 Å². The van der Waals surface area contributed by atoms with Gasteiger partial charge in [0.25, 0.3) is 0 Å². The molecule has 1 aromatic heterocycles. The molecule has 1 aliphatic heterocycles. The first-order chi connectivity index (χ1) is 16.2. The van der Waals surface area contributed by atoms with Crippen LogP contribution in [0.4, 0.5) is 24.7 Å². The number of halogens is 3. The summed E-state index contributed by atoms with van der Waals surface area (Å²) in [6.45, 7) is 6.93. The van der Waals surface area contributed by atoms with Gasteiger partial charge in [-0.2, -0.15) is 13.2 Å². The third-order valence-electron chi connectivity index (χ3n) is 6.76. The summed E-state index contributed by atoms with van der Waals surface area (Å²) >= 11 is 0. The lowest BCUT2D eigenvalue weighted by Gasteiger charge is -2.32. The number of aryl methyl sites for hydroxylation is 2. The second kappa shape index (κ2) is 8.70. The van der Waals surface area contributed by atoms with Crippen molar-refractivity contribution in [3.05, 3.63) is 58.4 Å². The number of nitrogens with one attached hydrogen (secondary N) is 1. The van der Waals surface area contributed by atoms with Gasteiger partial charge < -0.3 is 15.8 Å². The summed E-state index contributed by atoms with van der Waals surface area (Å²) in [5.41, 5.74) is 8.97. The summed E-state index contributed by atoms with van der Waals surface area (Å²) in [6, 6.07) is 7.84. The highest BCUT2D eigenvalue weighted by molar-refractivity contribution is 5.91. The largest absolute Gasteiger partial charge is 0.416 e. The van der Waals surface area contributed by atoms with Gasteiger partial charge in [-0.3, -0.25) is 4.90 Å². The molecular formula is C25H28F3N5O. The second-order valence-corrected chi connectivity index (χ2v) is 9.14. The Balaban J connectivity index is 1.51. The summed E-state index contributed by atoms with van der Waals surface area (Å²) in [7, 11) is 0. The maximum absolute atomic E-state index is 13.3. The maximum atomic E-state index is 13.3. The summed E-state index contributed by atoms with van der Waals surface area (Å²) in [4.78, 5) is 11.7. The topological polar surface area (TPSA) is 76.3 Å². The number of hydrogen-bond donors (Lipinski definition) is 2. The lowest BCUT2D eigenvalue weighted by atomic mass is 10.0. The summed E-state index contributed by atoms with van der Waals surface area (Å²) in [5.74, 6) is 1.22. The zero-order chi connectivity index (χ0) is 24.0. The molecule has 5 rings (SSSR count). The minimum Gasteiger partial charge on any atom is -0.399 e. The van der Waals surface area contributed by atoms with E-state index in [4.69, 9.17) is 10.5 Å². The summed E-state index contributed by atoms with van der Waals surface area (Å²) in [5, 5.41) is 4.20. The number of benzene rings is 2. The van der Waals surface area contributed by atoms with E-state index in [1.807, 2.05) is 13.8 Å². The number of aromatic nitrogens is 2. The van der Waals surface area contributed by atoms with Crippen LogP contribution in [0, 0.1) is 6.92 Å². The van der Waals surface area contributed by atoms with E-state index in [2.05, 4.69) is 32.3 Å². The van der Waals surface area contributed by atoms with E-state index in [9.17, 15) is 13.2 Å². The van der Waals surface area contributed by atoms with Crippen LogP contribution in [0.15, 0.2) is 30.3 Å². The molecule has 2 heterocycles. The van der Waals surface area contributed by atoms with Crippen LogP contribution in [-0.2, 0) is 17.3 Å². The predicted molar refractivity (Wildman–Crippen MR) is 126 cm³/mol. The van der Waals surface area contributed by atoms with Crippen molar-refractivity contribution in [1.82, 2.24) is 14.9 Å². The number of rotatable bonds is 4. The van der Waals surface area contributed by atoms with Gasteiger partial charge in [-0.1, -0.05) is 0 Å². The van der Waals surface area contributed by atoms with Gasteiger partial charge >= 0.3 is 6.18 Å². The fourth-order valence-corrected chi connectivity index (χ4v) is 5.08. The number of anilines is 2. The summed E-state index contributed by atoms with van der Waals surface area (Å²) in [6.07, 6.45) is -2.41. The fraction of sp³-hybridized carbons (Fsp3) is 0.440. The van der Waals surface area contributed by atoms with Crippen molar-refractivity contribution in [2.45, 2.75) is 44.9 Å². The van der Waals surface area contributed by atoms with Crippen LogP contribution in [-0.4, -0.2) is 41.2 Å². The molecule has 3 aromatic rings. The van der Waals surface area contributed by atoms with Crippen molar-refractivity contribution in [3.63, 3.8) is 0 Å². The molecular weight excluding hydrogens is 443 g/mol. The van der Waals surface area contributed by atoms with Crippen LogP contribution in [0.5, 0.6) is 0 Å². The molecule has 1 unspecified atom stereocenters. The number of alkyl halides is 3. The molecule has 0 radical (unpaired) electrons. The lowest BCUT2D eigenvalue weighted by molar-refractivity contribution is -0.137. The molecule has 1 aliphatic carbocycles. The normalized spacial score (nSPS) is 19.9. The predicted octanol–water partition coefficient (Wildman–Crippen LogP) is 5.03. The molecule has 6 nitrogen and oxygen atoms in total. The van der Waals surface area contributed by atoms with Crippen LogP contribution in [0.3, 0.4) is 0 Å². The number of nitrogen functional groups attached to an aromatic ring is 1. The average molecular weight is 472 g/mol. The standard InChI is InChI=1S/C25H28F3N5O/c1-14(17-9-18(25(26,27)28)12-19(29)10-17)30-24-21-13-20-16(11-22(21)31-15(2)32-24)3-4-23(20)33-5-7-34-8-6-33/h9-14,23H,3-8,29H2,1-2H3,(H,30,31,32)/t14-,23?/m1/s1. The number of morpholine rings is 1. The molecule has 3 N–H and O–H groups in total. The summed E-state index contributed by atoms with van der Waals surface area (Å²) < 4.78 is 45.4. The van der Waals surface area contributed by atoms with Gasteiger partial charge in [-0.05, 0) is 73.7 Å². The number of nitrogens with two attached hydrogens (primary N) is 1. The molecule has 2 aromatic carbocycles. The van der Waals surface area contributed by atoms with Crippen molar-refractivity contribution in [2.75, 3.05) is 37.4 Å². The molecule has 1 fully saturated rings. The van der Waals surface area contributed by atoms with E-state index in [1.165, 1.54) is 11.1 Å². The van der Waals surface area contributed by atoms with Gasteiger partial charge in [-0.15, -0.1) is 0 Å². The van der Waals surface area contributed by atoms with E-state index in [-0.39, 0.29) is 5.69 Å². The van der Waals surface area contributed by atoms with Crippen LogP contribution in [0.1, 0.15) is 53.5 Å². The third-order valence-corrected chi connectivity index (χ3v) is 6.76. The van der Waals surface area contributed by atoms with Gasteiger partial charge in [-0.25, -0.2) is 9.97 Å². The molecule has 0 saturated carbocycles. The van der Waals surface area contributed by atoms with Crippen LogP contribution in [0.2, 0.25) is 0 Å². The zero-order valence-electron chi connectivity index (χ0n) is 19.2. The van der Waals surface area contributed by atoms with Gasteiger partial charge in [0, 0.05) is 30.2 Å². The minimum atomic E-state index is -4.46. The highest BCUT2D eigenvalue weighted by Crippen LogP contribution is 2.40. The Labute approximate surface area is 196 Å². The molecule has 1 saturated heterocycles. The molecule has 2 aliphatic rings. The number of hydrogen-bond acceptors (Lipinski definition) is 6. The number of fused-ring (bicyclic) bond motifs is 2. The Bertz CT molecular complexity index is 1220. The zero-order valence-corrected chi connectivity index (χ0v) is 19.2. The van der Waals surface area contributed by atoms with Crippen molar-refractivity contribution in [1.29, 1.82) is 0 Å². The van der Waals surface area contributed by atoms with Crippen LogP contribution < -0.4 is 11.1 Å². The van der Waals surface area contributed by atoms with E-state index in [0.29, 0.717) is 23.2 Å². The minimum absolute atomic E-state index is 0.0772. The third kappa shape index (κ3) is 4.42. The molecule has 0 amide bonds. The Hall–Kier alpha value is -2.91. The average Bonchev–Trinajstić information content (AvgIpc) is 3.20. The van der Waals surface area contributed by atoms with Crippen molar-refractivity contribution in [2.24, 2.45) is 0 Å². The maximum Gasteiger partial charge on any atom is 0.416 e. The first-order valence-electron chi connectivity index (χ1n) is 11.6. The van der Waals surface area contributed by atoms with E-state index < -0.39 is 17.8 Å². The Morgan fingerprint density at radius 1 is 1.12 bits per heavy atom. The van der Waals surface area contributed by atoms with Crippen molar-refractivity contribution >= 4 is 22.4 Å². The fourth-order valence-electron chi connectivity index (χ4n) is 5.08. The van der Waals surface area contributed by atoms with E-state index >= 15 is 0 Å². The molecule has 0 spiro atoms. The molecule has 34 heavy (non-hydrogen) atoms. The molecule has 2 atom stereocenters. The Morgan fingerprint density at radius 2 is 1.88 bits per heavy atom. The lowest BCUT2D eigenvalue weighted by Crippen LogP contribution is -2.38. The molecule has 9 heteroatoms. The first-order valence-corrected chi connectivity index (χ1v) is 11.6. The van der Waals surface area contributed by atoms with Gasteiger partial charge in [0.15, 0.2) is 0 Å². The highest BCUT2D eigenvalue weighted by Gasteiger charge is 2.32. The Morgan fingerprint density at radius 3 is 2.62 bits per heavy atom. The van der Waals surface area contributed by atoms with Gasteiger partial charge in [0.05, 0.1) is 30.3 Å². The SMILES string of the molecule is Cc1nc(N[C@H](C)c2cc(N)cc(C(F)(F)F)c2)c2cc3c(cc2n1)CCC3N1CCOCC1. The Kier molecular flexibility index (Phi) is 5.85. The second-order valence-electron chi connectivity index (χ2n) is 9.14. The molecule has 0 bridgehead atoms. The van der Waals surface area contributed by atoms with Gasteiger partial charge in [0.1, 0.15) is 11.6 Å². The highest BCUT2D eigenvalue weighted by atomic mass is 19.4. The van der Waals surface area contributed by atoms with E-state index in [1.54, 1.807) is 6.07 Å². The number of nitrogens with zero attached hydrogens (tertiary/aromatic N) is 3. The quantitative estimate of drug-likeness (QED) is 0.520. The first kappa shape index (κ1) is 22.9. The van der Waals surface area contributed by atoms with Crippen LogP contribution in [0.25, 0.3) is 10.9 Å². The molecule has 180 valence electrons.